The molecular formula is C22H32N4O2. The predicted octanol–water partition coefficient (Wildman–Crippen LogP) is 1.66. The van der Waals surface area contributed by atoms with Crippen molar-refractivity contribution in [2.75, 3.05) is 58.9 Å². The van der Waals surface area contributed by atoms with Gasteiger partial charge in [0.25, 0.3) is 5.91 Å². The highest BCUT2D eigenvalue weighted by Crippen LogP contribution is 2.15. The molecule has 3 fully saturated rings. The largest absolute Gasteiger partial charge is 0.342 e. The zero-order chi connectivity index (χ0) is 19.3. The standard InChI is InChI=1S/C22H32N4O2/c27-21(25-9-1-2-10-25)18-24-15-13-23(14-16-24)17-19-5-7-20(8-6-19)22(28)26-11-3-4-12-26/h5-8H,1-4,9-18H2. The number of likely N-dealkylation sites (tertiary alicyclic amines) is 2. The molecule has 0 aromatic heterocycles. The van der Waals surface area contributed by atoms with Gasteiger partial charge in [-0.25, -0.2) is 0 Å². The van der Waals surface area contributed by atoms with Crippen LogP contribution in [-0.4, -0.2) is 90.3 Å². The molecule has 3 saturated heterocycles. The van der Waals surface area contributed by atoms with Gasteiger partial charge in [0.1, 0.15) is 0 Å². The third-order valence-electron chi connectivity index (χ3n) is 6.28. The number of carbonyl (C=O) groups is 2. The summed E-state index contributed by atoms with van der Waals surface area (Å²) in [6.07, 6.45) is 4.56. The molecule has 3 aliphatic rings. The van der Waals surface area contributed by atoms with Crippen molar-refractivity contribution in [3.05, 3.63) is 35.4 Å². The van der Waals surface area contributed by atoms with E-state index in [9.17, 15) is 9.59 Å². The first kappa shape index (κ1) is 19.4. The first-order valence-corrected chi connectivity index (χ1v) is 10.8. The summed E-state index contributed by atoms with van der Waals surface area (Å²) in [6, 6.07) is 8.13. The van der Waals surface area contributed by atoms with Crippen molar-refractivity contribution in [1.82, 2.24) is 19.6 Å². The van der Waals surface area contributed by atoms with Crippen LogP contribution in [0.25, 0.3) is 0 Å². The summed E-state index contributed by atoms with van der Waals surface area (Å²) in [7, 11) is 0. The summed E-state index contributed by atoms with van der Waals surface area (Å²) < 4.78 is 0. The second-order valence-electron chi connectivity index (χ2n) is 8.34. The van der Waals surface area contributed by atoms with Gasteiger partial charge in [-0.2, -0.15) is 0 Å². The zero-order valence-electron chi connectivity index (χ0n) is 16.8. The van der Waals surface area contributed by atoms with Gasteiger partial charge in [0, 0.05) is 64.5 Å². The van der Waals surface area contributed by atoms with E-state index in [0.717, 1.165) is 90.1 Å². The maximum Gasteiger partial charge on any atom is 0.253 e. The van der Waals surface area contributed by atoms with Gasteiger partial charge in [-0.15, -0.1) is 0 Å². The molecule has 1 aromatic carbocycles. The second-order valence-corrected chi connectivity index (χ2v) is 8.34. The van der Waals surface area contributed by atoms with Crippen LogP contribution in [-0.2, 0) is 11.3 Å². The summed E-state index contributed by atoms with van der Waals surface area (Å²) in [4.78, 5) is 33.4. The molecule has 0 bridgehead atoms. The minimum Gasteiger partial charge on any atom is -0.342 e. The first-order chi connectivity index (χ1) is 13.7. The molecule has 0 saturated carbocycles. The Morgan fingerprint density at radius 1 is 0.679 bits per heavy atom. The molecule has 0 atom stereocenters. The van der Waals surface area contributed by atoms with Gasteiger partial charge in [-0.3, -0.25) is 19.4 Å². The average molecular weight is 385 g/mol. The Kier molecular flexibility index (Phi) is 6.27. The molecule has 0 aliphatic carbocycles. The van der Waals surface area contributed by atoms with Crippen molar-refractivity contribution in [2.24, 2.45) is 0 Å². The Labute approximate surface area is 168 Å². The predicted molar refractivity (Wildman–Crippen MR) is 109 cm³/mol. The maximum atomic E-state index is 12.4. The van der Waals surface area contributed by atoms with Crippen LogP contribution in [0.2, 0.25) is 0 Å². The Hall–Kier alpha value is -1.92. The number of benzene rings is 1. The van der Waals surface area contributed by atoms with Crippen molar-refractivity contribution in [1.29, 1.82) is 0 Å². The van der Waals surface area contributed by atoms with Crippen LogP contribution < -0.4 is 0 Å². The Morgan fingerprint density at radius 2 is 1.21 bits per heavy atom. The number of nitrogens with zero attached hydrogens (tertiary/aromatic N) is 4. The van der Waals surface area contributed by atoms with Gasteiger partial charge in [0.2, 0.25) is 5.91 Å². The number of amides is 2. The first-order valence-electron chi connectivity index (χ1n) is 10.8. The van der Waals surface area contributed by atoms with Crippen LogP contribution in [0.4, 0.5) is 0 Å². The quantitative estimate of drug-likeness (QED) is 0.775. The van der Waals surface area contributed by atoms with E-state index < -0.39 is 0 Å². The summed E-state index contributed by atoms with van der Waals surface area (Å²) in [5, 5.41) is 0. The molecule has 28 heavy (non-hydrogen) atoms. The number of hydrogen-bond acceptors (Lipinski definition) is 4. The molecule has 1 aromatic rings. The number of rotatable bonds is 5. The van der Waals surface area contributed by atoms with Crippen LogP contribution in [0, 0.1) is 0 Å². The molecule has 0 spiro atoms. The summed E-state index contributed by atoms with van der Waals surface area (Å²) in [6.45, 7) is 9.02. The van der Waals surface area contributed by atoms with Crippen LogP contribution >= 0.6 is 0 Å². The van der Waals surface area contributed by atoms with Gasteiger partial charge in [0.05, 0.1) is 6.54 Å². The fraction of sp³-hybridized carbons (Fsp3) is 0.636. The minimum atomic E-state index is 0.167. The fourth-order valence-electron chi connectivity index (χ4n) is 4.48. The average Bonchev–Trinajstić information content (AvgIpc) is 3.44. The van der Waals surface area contributed by atoms with Crippen LogP contribution in [0.15, 0.2) is 24.3 Å². The van der Waals surface area contributed by atoms with E-state index in [0.29, 0.717) is 12.5 Å². The maximum absolute atomic E-state index is 12.4. The van der Waals surface area contributed by atoms with Gasteiger partial charge >= 0.3 is 0 Å². The van der Waals surface area contributed by atoms with Gasteiger partial charge < -0.3 is 9.80 Å². The molecule has 3 aliphatic heterocycles. The van der Waals surface area contributed by atoms with E-state index in [1.165, 1.54) is 5.56 Å². The van der Waals surface area contributed by atoms with E-state index in [4.69, 9.17) is 0 Å². The smallest absolute Gasteiger partial charge is 0.253 e. The monoisotopic (exact) mass is 384 g/mol. The second kappa shape index (κ2) is 9.05. The minimum absolute atomic E-state index is 0.167. The van der Waals surface area contributed by atoms with Crippen molar-refractivity contribution in [3.8, 4) is 0 Å². The molecule has 6 heteroatoms. The summed E-state index contributed by atoms with van der Waals surface area (Å²) in [5.41, 5.74) is 2.05. The normalized spacial score (nSPS) is 21.4. The van der Waals surface area contributed by atoms with E-state index in [-0.39, 0.29) is 5.91 Å². The van der Waals surface area contributed by atoms with Crippen molar-refractivity contribution in [2.45, 2.75) is 32.2 Å². The molecule has 2 amide bonds. The Bertz CT molecular complexity index is 670. The van der Waals surface area contributed by atoms with E-state index in [2.05, 4.69) is 21.9 Å². The van der Waals surface area contributed by atoms with Gasteiger partial charge in [-0.1, -0.05) is 12.1 Å². The molecule has 0 unspecified atom stereocenters. The molecule has 6 nitrogen and oxygen atoms in total. The fourth-order valence-corrected chi connectivity index (χ4v) is 4.48. The summed E-state index contributed by atoms with van der Waals surface area (Å²) in [5.74, 6) is 0.463. The highest BCUT2D eigenvalue weighted by Gasteiger charge is 2.24. The molecule has 0 radical (unpaired) electrons. The van der Waals surface area contributed by atoms with Crippen molar-refractivity contribution < 1.29 is 9.59 Å². The Morgan fingerprint density at radius 3 is 1.82 bits per heavy atom. The van der Waals surface area contributed by atoms with Crippen molar-refractivity contribution >= 4 is 11.8 Å². The van der Waals surface area contributed by atoms with Crippen molar-refractivity contribution in [3.63, 3.8) is 0 Å². The molecule has 0 N–H and O–H groups in total. The number of hydrogen-bond donors (Lipinski definition) is 0. The summed E-state index contributed by atoms with van der Waals surface area (Å²) >= 11 is 0. The Balaban J connectivity index is 1.22. The van der Waals surface area contributed by atoms with E-state index >= 15 is 0 Å². The third-order valence-corrected chi connectivity index (χ3v) is 6.28. The molecule has 152 valence electrons. The lowest BCUT2D eigenvalue weighted by Gasteiger charge is -2.35. The number of carbonyl (C=O) groups excluding carboxylic acids is 2. The van der Waals surface area contributed by atoms with Crippen LogP contribution in [0.1, 0.15) is 41.6 Å². The topological polar surface area (TPSA) is 47.1 Å². The highest BCUT2D eigenvalue weighted by atomic mass is 16.2. The van der Waals surface area contributed by atoms with E-state index in [1.54, 1.807) is 0 Å². The van der Waals surface area contributed by atoms with Crippen LogP contribution in [0.5, 0.6) is 0 Å². The van der Waals surface area contributed by atoms with E-state index in [1.807, 2.05) is 21.9 Å². The van der Waals surface area contributed by atoms with Crippen LogP contribution in [0.3, 0.4) is 0 Å². The zero-order valence-corrected chi connectivity index (χ0v) is 16.8. The van der Waals surface area contributed by atoms with Gasteiger partial charge in [-0.05, 0) is 43.4 Å². The lowest BCUT2D eigenvalue weighted by Crippen LogP contribution is -2.49. The highest BCUT2D eigenvalue weighted by molar-refractivity contribution is 5.94. The molecular weight excluding hydrogens is 352 g/mol. The molecule has 3 heterocycles. The third kappa shape index (κ3) is 4.73. The lowest BCUT2D eigenvalue weighted by molar-refractivity contribution is -0.131. The SMILES string of the molecule is O=C(CN1CCN(Cc2ccc(C(=O)N3CCCC3)cc2)CC1)N1CCCC1. The number of piperazine rings is 1. The lowest BCUT2D eigenvalue weighted by atomic mass is 10.1. The molecule has 4 rings (SSSR count). The van der Waals surface area contributed by atoms with Gasteiger partial charge in [0.15, 0.2) is 0 Å².